The van der Waals surface area contributed by atoms with Crippen molar-refractivity contribution >= 4 is 23.5 Å². The van der Waals surface area contributed by atoms with Crippen LogP contribution in [0.4, 0.5) is 10.5 Å². The number of methoxy groups -OCH3 is 1. The molecule has 0 fully saturated rings. The molecule has 8 heteroatoms. The summed E-state index contributed by atoms with van der Waals surface area (Å²) in [5.41, 5.74) is 0.658. The predicted molar refractivity (Wildman–Crippen MR) is 99.3 cm³/mol. The first kappa shape index (κ1) is 21.4. The number of rotatable bonds is 10. The molecule has 0 saturated carbocycles. The molecule has 144 valence electrons. The van der Waals surface area contributed by atoms with Gasteiger partial charge in [0, 0.05) is 12.2 Å². The molecular weight excluding hydrogens is 336 g/mol. The predicted octanol–water partition coefficient (Wildman–Crippen LogP) is 0.164. The summed E-state index contributed by atoms with van der Waals surface area (Å²) < 4.78 is 5.07. The molecule has 0 heterocycles. The van der Waals surface area contributed by atoms with Crippen LogP contribution in [0.3, 0.4) is 0 Å². The third kappa shape index (κ3) is 8.48. The molecule has 4 N–H and O–H groups in total. The van der Waals surface area contributed by atoms with Crippen molar-refractivity contribution < 1.29 is 24.0 Å². The summed E-state index contributed by atoms with van der Waals surface area (Å²) in [5, 5.41) is 7.68. The van der Waals surface area contributed by atoms with Crippen LogP contribution < -0.4 is 25.6 Å². The number of urea groups is 1. The molecule has 1 atom stereocenters. The fourth-order valence-corrected chi connectivity index (χ4v) is 2.24. The van der Waals surface area contributed by atoms with Crippen LogP contribution in [0.1, 0.15) is 26.7 Å². The Hall–Kier alpha value is -2.61. The Morgan fingerprint density at radius 1 is 1.04 bits per heavy atom. The molecule has 0 aliphatic heterocycles. The molecule has 8 nitrogen and oxygen atoms in total. The number of quaternary nitrogens is 1. The standard InChI is InChI=1S/C18H28N4O4/c1-4-6-11-19-18(25)21-17(24)13-22(5-2)12-16(23)20-14-7-9-15(26-3)10-8-14/h7-10H,4-6,11-13H2,1-3H3,(H,20,23)(H2,19,21,24,25)/p+1. The van der Waals surface area contributed by atoms with E-state index in [0.29, 0.717) is 24.5 Å². The van der Waals surface area contributed by atoms with Crippen LogP contribution in [-0.4, -0.2) is 51.1 Å². The number of ether oxygens (including phenoxy) is 1. The van der Waals surface area contributed by atoms with Crippen LogP contribution in [0.25, 0.3) is 0 Å². The van der Waals surface area contributed by atoms with Gasteiger partial charge in [-0.2, -0.15) is 0 Å². The number of hydrogen-bond donors (Lipinski definition) is 4. The van der Waals surface area contributed by atoms with Gasteiger partial charge in [-0.1, -0.05) is 13.3 Å². The van der Waals surface area contributed by atoms with Crippen molar-refractivity contribution in [2.75, 3.05) is 38.6 Å². The van der Waals surface area contributed by atoms with E-state index in [2.05, 4.69) is 16.0 Å². The van der Waals surface area contributed by atoms with Crippen molar-refractivity contribution in [2.24, 2.45) is 0 Å². The number of carbonyl (C=O) groups is 3. The maximum atomic E-state index is 12.1. The van der Waals surface area contributed by atoms with Crippen LogP contribution in [0, 0.1) is 0 Å². The number of imide groups is 1. The fraction of sp³-hybridized carbons (Fsp3) is 0.500. The Bertz CT molecular complexity index is 589. The van der Waals surface area contributed by atoms with E-state index in [0.717, 1.165) is 17.7 Å². The Morgan fingerprint density at radius 3 is 2.27 bits per heavy atom. The summed E-state index contributed by atoms with van der Waals surface area (Å²) in [7, 11) is 1.57. The van der Waals surface area contributed by atoms with E-state index in [9.17, 15) is 14.4 Å². The van der Waals surface area contributed by atoms with Crippen molar-refractivity contribution in [1.29, 1.82) is 0 Å². The van der Waals surface area contributed by atoms with Gasteiger partial charge in [0.1, 0.15) is 5.75 Å². The average Bonchev–Trinajstić information content (AvgIpc) is 2.61. The molecule has 0 radical (unpaired) electrons. The number of unbranched alkanes of at least 4 members (excludes halogenated alkanes) is 1. The number of likely N-dealkylation sites (N-methyl/N-ethyl adjacent to an activating group) is 1. The number of anilines is 1. The number of nitrogens with one attached hydrogen (secondary N) is 4. The molecule has 1 aromatic rings. The monoisotopic (exact) mass is 365 g/mol. The minimum absolute atomic E-state index is 0.0493. The van der Waals surface area contributed by atoms with Gasteiger partial charge >= 0.3 is 6.03 Å². The maximum absolute atomic E-state index is 12.1. The zero-order valence-corrected chi connectivity index (χ0v) is 15.7. The van der Waals surface area contributed by atoms with Gasteiger partial charge in [-0.05, 0) is 37.6 Å². The van der Waals surface area contributed by atoms with Gasteiger partial charge in [0.05, 0.1) is 13.7 Å². The highest BCUT2D eigenvalue weighted by Crippen LogP contribution is 2.14. The molecule has 0 aliphatic carbocycles. The highest BCUT2D eigenvalue weighted by atomic mass is 16.5. The minimum atomic E-state index is -0.499. The summed E-state index contributed by atoms with van der Waals surface area (Å²) in [4.78, 5) is 36.4. The van der Waals surface area contributed by atoms with Crippen molar-refractivity contribution in [3.05, 3.63) is 24.3 Å². The topological polar surface area (TPSA) is 101 Å². The van der Waals surface area contributed by atoms with Crippen molar-refractivity contribution in [1.82, 2.24) is 10.6 Å². The lowest BCUT2D eigenvalue weighted by atomic mass is 10.3. The summed E-state index contributed by atoms with van der Waals surface area (Å²) in [6.07, 6.45) is 1.82. The second-order valence-corrected chi connectivity index (χ2v) is 5.89. The third-order valence-electron chi connectivity index (χ3n) is 3.76. The molecule has 0 aliphatic rings. The molecule has 0 saturated heterocycles. The Kier molecular flexibility index (Phi) is 9.78. The minimum Gasteiger partial charge on any atom is -0.497 e. The smallest absolute Gasteiger partial charge is 0.321 e. The molecular formula is C18H29N4O4+. The van der Waals surface area contributed by atoms with Gasteiger partial charge in [0.2, 0.25) is 0 Å². The molecule has 4 amide bonds. The Morgan fingerprint density at radius 2 is 1.69 bits per heavy atom. The molecule has 1 aromatic carbocycles. The van der Waals surface area contributed by atoms with E-state index in [1.54, 1.807) is 31.4 Å². The first-order valence-electron chi connectivity index (χ1n) is 8.83. The Balaban J connectivity index is 2.41. The van der Waals surface area contributed by atoms with Crippen LogP contribution in [0.2, 0.25) is 0 Å². The van der Waals surface area contributed by atoms with Crippen molar-refractivity contribution in [3.63, 3.8) is 0 Å². The van der Waals surface area contributed by atoms with Gasteiger partial charge in [0.15, 0.2) is 13.1 Å². The van der Waals surface area contributed by atoms with Gasteiger partial charge in [-0.3, -0.25) is 14.9 Å². The molecule has 1 unspecified atom stereocenters. The number of hydrogen-bond acceptors (Lipinski definition) is 4. The molecule has 0 bridgehead atoms. The lowest BCUT2D eigenvalue weighted by molar-refractivity contribution is -0.881. The lowest BCUT2D eigenvalue weighted by Crippen LogP contribution is -3.14. The SMILES string of the molecule is CCCCNC(=O)NC(=O)C[NH+](CC)CC(=O)Nc1ccc(OC)cc1. The fourth-order valence-electron chi connectivity index (χ4n) is 2.24. The van der Waals surface area contributed by atoms with Crippen LogP contribution in [0.15, 0.2) is 24.3 Å². The van der Waals surface area contributed by atoms with E-state index in [1.165, 1.54) is 0 Å². The van der Waals surface area contributed by atoms with E-state index in [1.807, 2.05) is 13.8 Å². The number of carbonyl (C=O) groups excluding carboxylic acids is 3. The van der Waals surface area contributed by atoms with Crippen molar-refractivity contribution in [3.8, 4) is 5.75 Å². The summed E-state index contributed by atoms with van der Waals surface area (Å²) in [5.74, 6) is 0.0954. The van der Waals surface area contributed by atoms with Crippen LogP contribution in [-0.2, 0) is 9.59 Å². The summed E-state index contributed by atoms with van der Waals surface area (Å²) in [6.45, 7) is 5.20. The quantitative estimate of drug-likeness (QED) is 0.444. The van der Waals surface area contributed by atoms with E-state index < -0.39 is 11.9 Å². The Labute approximate surface area is 154 Å². The van der Waals surface area contributed by atoms with E-state index >= 15 is 0 Å². The third-order valence-corrected chi connectivity index (χ3v) is 3.76. The molecule has 0 spiro atoms. The second-order valence-electron chi connectivity index (χ2n) is 5.89. The first-order valence-corrected chi connectivity index (χ1v) is 8.83. The van der Waals surface area contributed by atoms with E-state index in [-0.39, 0.29) is 19.0 Å². The van der Waals surface area contributed by atoms with Crippen molar-refractivity contribution in [2.45, 2.75) is 26.7 Å². The molecule has 0 aromatic heterocycles. The summed E-state index contributed by atoms with van der Waals surface area (Å²) in [6, 6.07) is 6.50. The van der Waals surface area contributed by atoms with E-state index in [4.69, 9.17) is 4.74 Å². The van der Waals surface area contributed by atoms with Gasteiger partial charge in [-0.25, -0.2) is 4.79 Å². The lowest BCUT2D eigenvalue weighted by Gasteiger charge is -2.16. The zero-order valence-electron chi connectivity index (χ0n) is 15.7. The van der Waals surface area contributed by atoms with Gasteiger partial charge in [-0.15, -0.1) is 0 Å². The second kappa shape index (κ2) is 11.9. The molecule has 26 heavy (non-hydrogen) atoms. The summed E-state index contributed by atoms with van der Waals surface area (Å²) >= 11 is 0. The van der Waals surface area contributed by atoms with Gasteiger partial charge in [0.25, 0.3) is 11.8 Å². The van der Waals surface area contributed by atoms with Crippen LogP contribution in [0.5, 0.6) is 5.75 Å². The first-order chi connectivity index (χ1) is 12.5. The van der Waals surface area contributed by atoms with Gasteiger partial charge < -0.3 is 20.3 Å². The average molecular weight is 365 g/mol. The number of benzene rings is 1. The largest absolute Gasteiger partial charge is 0.497 e. The van der Waals surface area contributed by atoms with Crippen LogP contribution >= 0.6 is 0 Å². The zero-order chi connectivity index (χ0) is 19.4. The highest BCUT2D eigenvalue weighted by molar-refractivity contribution is 5.95. The normalized spacial score (nSPS) is 11.3. The maximum Gasteiger partial charge on any atom is 0.321 e. The number of amides is 4. The molecule has 1 rings (SSSR count). The highest BCUT2D eigenvalue weighted by Gasteiger charge is 2.18.